The van der Waals surface area contributed by atoms with E-state index in [9.17, 15) is 4.79 Å². The molecule has 0 saturated carbocycles. The number of aromatic nitrogens is 1. The van der Waals surface area contributed by atoms with Gasteiger partial charge in [0.25, 0.3) is 5.91 Å². The molecule has 1 aromatic carbocycles. The van der Waals surface area contributed by atoms with E-state index in [4.69, 9.17) is 16.3 Å². The standard InChI is InChI=1S/C16H19ClN2O2/c1-16(2)10-19(8-9-21-16)15(20)14-13(17)11-6-4-5-7-12(11)18(14)3/h4-7H,8-10H2,1-3H3. The highest BCUT2D eigenvalue weighted by Crippen LogP contribution is 2.31. The van der Waals surface area contributed by atoms with Crippen LogP contribution in [-0.2, 0) is 11.8 Å². The molecule has 4 nitrogen and oxygen atoms in total. The van der Waals surface area contributed by atoms with E-state index in [0.29, 0.717) is 30.4 Å². The number of carbonyl (C=O) groups excluding carboxylic acids is 1. The number of amides is 1. The molecule has 3 rings (SSSR count). The van der Waals surface area contributed by atoms with Gasteiger partial charge in [-0.05, 0) is 19.9 Å². The van der Waals surface area contributed by atoms with E-state index in [0.717, 1.165) is 10.9 Å². The fraction of sp³-hybridized carbons (Fsp3) is 0.438. The Morgan fingerprint density at radius 3 is 2.71 bits per heavy atom. The Kier molecular flexibility index (Phi) is 3.46. The molecule has 1 fully saturated rings. The van der Waals surface area contributed by atoms with Crippen molar-refractivity contribution in [3.05, 3.63) is 35.0 Å². The second kappa shape index (κ2) is 5.04. The summed E-state index contributed by atoms with van der Waals surface area (Å²) in [6, 6.07) is 7.80. The van der Waals surface area contributed by atoms with Gasteiger partial charge in [0, 0.05) is 31.0 Å². The van der Waals surface area contributed by atoms with Crippen molar-refractivity contribution < 1.29 is 9.53 Å². The van der Waals surface area contributed by atoms with Gasteiger partial charge in [-0.15, -0.1) is 0 Å². The predicted octanol–water partition coefficient (Wildman–Crippen LogP) is 3.08. The predicted molar refractivity (Wildman–Crippen MR) is 83.9 cm³/mol. The number of halogens is 1. The van der Waals surface area contributed by atoms with Gasteiger partial charge in [0.05, 0.1) is 17.2 Å². The molecule has 2 aromatic rings. The van der Waals surface area contributed by atoms with Crippen molar-refractivity contribution >= 4 is 28.4 Å². The van der Waals surface area contributed by atoms with Crippen molar-refractivity contribution in [3.63, 3.8) is 0 Å². The molecule has 0 spiro atoms. The highest BCUT2D eigenvalue weighted by molar-refractivity contribution is 6.38. The summed E-state index contributed by atoms with van der Waals surface area (Å²) in [4.78, 5) is 14.7. The lowest BCUT2D eigenvalue weighted by atomic mass is 10.1. The van der Waals surface area contributed by atoms with Crippen LogP contribution < -0.4 is 0 Å². The van der Waals surface area contributed by atoms with Crippen molar-refractivity contribution in [3.8, 4) is 0 Å². The van der Waals surface area contributed by atoms with Crippen molar-refractivity contribution in [2.45, 2.75) is 19.4 Å². The van der Waals surface area contributed by atoms with Crippen LogP contribution in [0.2, 0.25) is 5.02 Å². The molecule has 5 heteroatoms. The maximum atomic E-state index is 12.9. The SMILES string of the molecule is Cn1c(C(=O)N2CCOC(C)(C)C2)c(Cl)c2ccccc21. The number of morpholine rings is 1. The molecule has 0 atom stereocenters. The molecule has 2 heterocycles. The fourth-order valence-corrected chi connectivity index (χ4v) is 3.29. The largest absolute Gasteiger partial charge is 0.372 e. The van der Waals surface area contributed by atoms with E-state index in [1.54, 1.807) is 0 Å². The summed E-state index contributed by atoms with van der Waals surface area (Å²) >= 11 is 6.45. The molecule has 1 amide bonds. The minimum atomic E-state index is -0.315. The van der Waals surface area contributed by atoms with Gasteiger partial charge < -0.3 is 14.2 Å². The van der Waals surface area contributed by atoms with Crippen LogP contribution in [0.25, 0.3) is 10.9 Å². The third-order valence-electron chi connectivity index (χ3n) is 3.96. The number of ether oxygens (including phenoxy) is 1. The lowest BCUT2D eigenvalue weighted by Crippen LogP contribution is -2.50. The van der Waals surface area contributed by atoms with E-state index in [-0.39, 0.29) is 11.5 Å². The van der Waals surface area contributed by atoms with E-state index >= 15 is 0 Å². The highest BCUT2D eigenvalue weighted by Gasteiger charge is 2.32. The minimum Gasteiger partial charge on any atom is -0.372 e. The zero-order chi connectivity index (χ0) is 15.2. The van der Waals surface area contributed by atoms with E-state index in [2.05, 4.69) is 0 Å². The Balaban J connectivity index is 2.02. The lowest BCUT2D eigenvalue weighted by molar-refractivity contribution is -0.0765. The van der Waals surface area contributed by atoms with Crippen LogP contribution >= 0.6 is 11.6 Å². The number of hydrogen-bond acceptors (Lipinski definition) is 2. The van der Waals surface area contributed by atoms with Crippen LogP contribution in [0.1, 0.15) is 24.3 Å². The average molecular weight is 307 g/mol. The fourth-order valence-electron chi connectivity index (χ4n) is 2.92. The molecule has 0 unspecified atom stereocenters. The molecular weight excluding hydrogens is 288 g/mol. The molecular formula is C16H19ClN2O2. The third-order valence-corrected chi connectivity index (χ3v) is 4.34. The van der Waals surface area contributed by atoms with Crippen LogP contribution in [0.5, 0.6) is 0 Å². The monoisotopic (exact) mass is 306 g/mol. The number of rotatable bonds is 1. The summed E-state index contributed by atoms with van der Waals surface area (Å²) < 4.78 is 7.54. The van der Waals surface area contributed by atoms with Gasteiger partial charge in [-0.2, -0.15) is 0 Å². The van der Waals surface area contributed by atoms with Gasteiger partial charge in [0.2, 0.25) is 0 Å². The normalized spacial score (nSPS) is 18.2. The summed E-state index contributed by atoms with van der Waals surface area (Å²) in [5.74, 6) is -0.0323. The van der Waals surface area contributed by atoms with Crippen LogP contribution in [0, 0.1) is 0 Å². The Hall–Kier alpha value is -1.52. The summed E-state index contributed by atoms with van der Waals surface area (Å²) in [5.41, 5.74) is 1.21. The first-order valence-electron chi connectivity index (χ1n) is 7.07. The van der Waals surface area contributed by atoms with Crippen LogP contribution in [-0.4, -0.2) is 40.7 Å². The Morgan fingerprint density at radius 2 is 2.05 bits per heavy atom. The van der Waals surface area contributed by atoms with Gasteiger partial charge in [-0.3, -0.25) is 4.79 Å². The maximum absolute atomic E-state index is 12.9. The smallest absolute Gasteiger partial charge is 0.272 e. The summed E-state index contributed by atoms with van der Waals surface area (Å²) in [5, 5.41) is 1.44. The van der Waals surface area contributed by atoms with E-state index < -0.39 is 0 Å². The zero-order valence-corrected chi connectivity index (χ0v) is 13.3. The molecule has 1 aliphatic rings. The first-order chi connectivity index (χ1) is 9.91. The quantitative estimate of drug-likeness (QED) is 0.811. The first kappa shape index (κ1) is 14.4. The number of carbonyl (C=O) groups is 1. The van der Waals surface area contributed by atoms with Crippen LogP contribution in [0.4, 0.5) is 0 Å². The van der Waals surface area contributed by atoms with E-state index in [1.165, 1.54) is 0 Å². The number of fused-ring (bicyclic) bond motifs is 1. The van der Waals surface area contributed by atoms with Crippen molar-refractivity contribution in [1.29, 1.82) is 0 Å². The van der Waals surface area contributed by atoms with Gasteiger partial charge in [-0.25, -0.2) is 0 Å². The van der Waals surface area contributed by atoms with Gasteiger partial charge in [-0.1, -0.05) is 29.8 Å². The molecule has 21 heavy (non-hydrogen) atoms. The maximum Gasteiger partial charge on any atom is 0.272 e. The summed E-state index contributed by atoms with van der Waals surface area (Å²) in [6.45, 7) is 5.72. The zero-order valence-electron chi connectivity index (χ0n) is 12.5. The highest BCUT2D eigenvalue weighted by atomic mass is 35.5. The Bertz CT molecular complexity index is 667. The molecule has 112 valence electrons. The van der Waals surface area contributed by atoms with E-state index in [1.807, 2.05) is 54.6 Å². The number of nitrogens with zero attached hydrogens (tertiary/aromatic N) is 2. The van der Waals surface area contributed by atoms with Crippen LogP contribution in [0.15, 0.2) is 24.3 Å². The lowest BCUT2D eigenvalue weighted by Gasteiger charge is -2.38. The molecule has 0 N–H and O–H groups in total. The molecule has 1 aromatic heterocycles. The average Bonchev–Trinajstić information content (AvgIpc) is 2.70. The molecule has 0 aliphatic carbocycles. The second-order valence-electron chi connectivity index (χ2n) is 6.07. The van der Waals surface area contributed by atoms with Crippen LogP contribution in [0.3, 0.4) is 0 Å². The van der Waals surface area contributed by atoms with Gasteiger partial charge in [0.15, 0.2) is 0 Å². The number of benzene rings is 1. The number of para-hydroxylation sites is 1. The second-order valence-corrected chi connectivity index (χ2v) is 6.45. The summed E-state index contributed by atoms with van der Waals surface area (Å²) in [7, 11) is 1.88. The Labute approximate surface area is 129 Å². The molecule has 1 aliphatic heterocycles. The molecule has 1 saturated heterocycles. The van der Waals surface area contributed by atoms with Gasteiger partial charge in [0.1, 0.15) is 5.69 Å². The topological polar surface area (TPSA) is 34.5 Å². The van der Waals surface area contributed by atoms with Gasteiger partial charge >= 0.3 is 0 Å². The third kappa shape index (κ3) is 2.43. The minimum absolute atomic E-state index is 0.0323. The van der Waals surface area contributed by atoms with Crippen molar-refractivity contribution in [2.24, 2.45) is 7.05 Å². The van der Waals surface area contributed by atoms with Crippen molar-refractivity contribution in [1.82, 2.24) is 9.47 Å². The Morgan fingerprint density at radius 1 is 1.33 bits per heavy atom. The van der Waals surface area contributed by atoms with Crippen molar-refractivity contribution in [2.75, 3.05) is 19.7 Å². The molecule has 0 radical (unpaired) electrons. The first-order valence-corrected chi connectivity index (χ1v) is 7.45. The number of aryl methyl sites for hydroxylation is 1. The molecule has 0 bridgehead atoms. The summed E-state index contributed by atoms with van der Waals surface area (Å²) in [6.07, 6.45) is 0. The number of hydrogen-bond donors (Lipinski definition) is 0.